The van der Waals surface area contributed by atoms with Gasteiger partial charge in [0.1, 0.15) is 0 Å². The molecule has 1 amide bonds. The summed E-state index contributed by atoms with van der Waals surface area (Å²) in [5, 5.41) is 6.33. The molecule has 1 heterocycles. The molecule has 19 heavy (non-hydrogen) atoms. The highest BCUT2D eigenvalue weighted by atomic mass is 19.2. The van der Waals surface area contributed by atoms with Gasteiger partial charge in [0, 0.05) is 18.3 Å². The first-order chi connectivity index (χ1) is 9.01. The van der Waals surface area contributed by atoms with Crippen molar-refractivity contribution in [2.24, 2.45) is 0 Å². The number of benzene rings is 1. The summed E-state index contributed by atoms with van der Waals surface area (Å²) in [5.41, 5.74) is 0.0811. The number of hydrogen-bond donors (Lipinski definition) is 1. The van der Waals surface area contributed by atoms with Crippen LogP contribution < -0.4 is 5.32 Å². The normalized spacial score (nSPS) is 10.5. The minimum atomic E-state index is -1.60. The van der Waals surface area contributed by atoms with Gasteiger partial charge in [0.2, 0.25) is 0 Å². The Bertz CT molecular complexity index is 601. The topological polar surface area (TPSA) is 46.9 Å². The van der Waals surface area contributed by atoms with Crippen LogP contribution in [0, 0.1) is 17.5 Å². The lowest BCUT2D eigenvalue weighted by molar-refractivity contribution is 0.102. The Hall–Kier alpha value is -2.31. The molecule has 0 bridgehead atoms. The van der Waals surface area contributed by atoms with Gasteiger partial charge in [-0.2, -0.15) is 5.10 Å². The number of carbonyl (C=O) groups is 1. The first-order valence-electron chi connectivity index (χ1n) is 5.49. The van der Waals surface area contributed by atoms with Crippen LogP contribution in [0.5, 0.6) is 0 Å². The molecule has 0 spiro atoms. The molecule has 0 aliphatic heterocycles. The summed E-state index contributed by atoms with van der Waals surface area (Å²) in [6.07, 6.45) is 2.96. The number of hydrogen-bond acceptors (Lipinski definition) is 2. The van der Waals surface area contributed by atoms with E-state index >= 15 is 0 Å². The summed E-state index contributed by atoms with van der Waals surface area (Å²) < 4.78 is 40.3. The molecular formula is C12H10F3N3O. The number of aromatic nitrogens is 2. The van der Waals surface area contributed by atoms with E-state index in [0.717, 1.165) is 0 Å². The molecule has 100 valence electrons. The number of rotatable bonds is 3. The van der Waals surface area contributed by atoms with Crippen molar-refractivity contribution in [1.82, 2.24) is 9.78 Å². The van der Waals surface area contributed by atoms with Gasteiger partial charge in [0.25, 0.3) is 5.91 Å². The van der Waals surface area contributed by atoms with Crippen molar-refractivity contribution < 1.29 is 18.0 Å². The van der Waals surface area contributed by atoms with Crippen LogP contribution in [0.25, 0.3) is 0 Å². The van der Waals surface area contributed by atoms with Gasteiger partial charge in [0.05, 0.1) is 11.9 Å². The van der Waals surface area contributed by atoms with Crippen molar-refractivity contribution in [2.75, 3.05) is 5.32 Å². The van der Waals surface area contributed by atoms with Crippen molar-refractivity contribution in [1.29, 1.82) is 0 Å². The number of halogens is 3. The zero-order chi connectivity index (χ0) is 14.0. The van der Waals surface area contributed by atoms with Crippen LogP contribution in [0.4, 0.5) is 18.9 Å². The van der Waals surface area contributed by atoms with E-state index in [0.29, 0.717) is 24.4 Å². The summed E-state index contributed by atoms with van der Waals surface area (Å²) in [4.78, 5) is 11.7. The predicted octanol–water partition coefficient (Wildman–Crippen LogP) is 2.57. The van der Waals surface area contributed by atoms with Gasteiger partial charge in [-0.25, -0.2) is 13.2 Å². The monoisotopic (exact) mass is 269 g/mol. The first-order valence-corrected chi connectivity index (χ1v) is 5.49. The molecule has 7 heteroatoms. The summed E-state index contributed by atoms with van der Waals surface area (Å²) in [6.45, 7) is 2.49. The third-order valence-corrected chi connectivity index (χ3v) is 2.46. The van der Waals surface area contributed by atoms with Crippen molar-refractivity contribution in [2.45, 2.75) is 13.5 Å². The Morgan fingerprint density at radius 2 is 1.95 bits per heavy atom. The zero-order valence-corrected chi connectivity index (χ0v) is 9.95. The fourth-order valence-electron chi connectivity index (χ4n) is 1.49. The number of aryl methyl sites for hydroxylation is 1. The van der Waals surface area contributed by atoms with Gasteiger partial charge in [-0.05, 0) is 19.1 Å². The first kappa shape index (κ1) is 13.1. The second-order valence-electron chi connectivity index (χ2n) is 3.79. The number of carbonyl (C=O) groups excluding carboxylic acids is 1. The molecule has 0 unspecified atom stereocenters. The maximum atomic E-state index is 13.0. The summed E-state index contributed by atoms with van der Waals surface area (Å²) in [7, 11) is 0. The number of nitrogens with zero attached hydrogens (tertiary/aromatic N) is 2. The lowest BCUT2D eigenvalue weighted by Gasteiger charge is -2.03. The van der Waals surface area contributed by atoms with Gasteiger partial charge < -0.3 is 5.32 Å². The van der Waals surface area contributed by atoms with Gasteiger partial charge in [-0.3, -0.25) is 9.48 Å². The fraction of sp³-hybridized carbons (Fsp3) is 0.167. The third-order valence-electron chi connectivity index (χ3n) is 2.46. The average molecular weight is 269 g/mol. The van der Waals surface area contributed by atoms with Crippen LogP contribution in [-0.2, 0) is 6.54 Å². The summed E-state index contributed by atoms with van der Waals surface area (Å²) in [6, 6.07) is 1.27. The van der Waals surface area contributed by atoms with E-state index in [4.69, 9.17) is 0 Å². The highest BCUT2D eigenvalue weighted by Crippen LogP contribution is 2.15. The van der Waals surface area contributed by atoms with Crippen molar-refractivity contribution >= 4 is 11.6 Å². The van der Waals surface area contributed by atoms with Crippen molar-refractivity contribution in [3.63, 3.8) is 0 Å². The molecule has 2 rings (SSSR count). The molecule has 4 nitrogen and oxygen atoms in total. The molecule has 0 saturated carbocycles. The Balaban J connectivity index is 2.20. The van der Waals surface area contributed by atoms with Gasteiger partial charge in [0.15, 0.2) is 17.5 Å². The maximum absolute atomic E-state index is 13.0. The predicted molar refractivity (Wildman–Crippen MR) is 62.2 cm³/mol. The molecule has 0 fully saturated rings. The minimum Gasteiger partial charge on any atom is -0.319 e. The SMILES string of the molecule is CCn1cc(NC(=O)c2cc(F)c(F)c(F)c2)cn1. The third kappa shape index (κ3) is 2.75. The lowest BCUT2D eigenvalue weighted by Crippen LogP contribution is -2.13. The molecule has 0 aliphatic rings. The fourth-order valence-corrected chi connectivity index (χ4v) is 1.49. The zero-order valence-electron chi connectivity index (χ0n) is 9.95. The molecule has 0 aliphatic carbocycles. The molecule has 0 saturated heterocycles. The highest BCUT2D eigenvalue weighted by Gasteiger charge is 2.15. The average Bonchev–Trinajstić information content (AvgIpc) is 2.83. The molecular weight excluding hydrogens is 259 g/mol. The number of anilines is 1. The van der Waals surface area contributed by atoms with Crippen molar-refractivity contribution in [3.05, 3.63) is 47.5 Å². The van der Waals surface area contributed by atoms with Gasteiger partial charge in [-0.1, -0.05) is 0 Å². The molecule has 0 atom stereocenters. The quantitative estimate of drug-likeness (QED) is 0.870. The van der Waals surface area contributed by atoms with E-state index in [-0.39, 0.29) is 5.56 Å². The molecule has 1 aromatic carbocycles. The van der Waals surface area contributed by atoms with Crippen LogP contribution in [-0.4, -0.2) is 15.7 Å². The van der Waals surface area contributed by atoms with E-state index in [9.17, 15) is 18.0 Å². The summed E-state index contributed by atoms with van der Waals surface area (Å²) >= 11 is 0. The van der Waals surface area contributed by atoms with E-state index in [1.54, 1.807) is 10.9 Å². The van der Waals surface area contributed by atoms with Crippen LogP contribution in [0.2, 0.25) is 0 Å². The standard InChI is InChI=1S/C12H10F3N3O/c1-2-18-6-8(5-16-18)17-12(19)7-3-9(13)11(15)10(14)4-7/h3-6H,2H2,1H3,(H,17,19). The lowest BCUT2D eigenvalue weighted by atomic mass is 10.2. The van der Waals surface area contributed by atoms with Crippen LogP contribution in [0.15, 0.2) is 24.5 Å². The Morgan fingerprint density at radius 3 is 2.47 bits per heavy atom. The van der Waals surface area contributed by atoms with Crippen molar-refractivity contribution in [3.8, 4) is 0 Å². The Kier molecular flexibility index (Phi) is 3.55. The maximum Gasteiger partial charge on any atom is 0.255 e. The second-order valence-corrected chi connectivity index (χ2v) is 3.79. The van der Waals surface area contributed by atoms with E-state index in [1.165, 1.54) is 6.20 Å². The molecule has 1 N–H and O–H groups in total. The number of amides is 1. The minimum absolute atomic E-state index is 0.305. The van der Waals surface area contributed by atoms with Gasteiger partial charge in [-0.15, -0.1) is 0 Å². The number of nitrogens with one attached hydrogen (secondary N) is 1. The summed E-state index contributed by atoms with van der Waals surface area (Å²) in [5.74, 6) is -5.16. The Morgan fingerprint density at radius 1 is 1.32 bits per heavy atom. The van der Waals surface area contributed by atoms with Crippen LogP contribution in [0.1, 0.15) is 17.3 Å². The molecule has 0 radical (unpaired) electrons. The highest BCUT2D eigenvalue weighted by molar-refractivity contribution is 6.04. The van der Waals surface area contributed by atoms with E-state index < -0.39 is 23.4 Å². The second kappa shape index (κ2) is 5.13. The van der Waals surface area contributed by atoms with Crippen LogP contribution in [0.3, 0.4) is 0 Å². The van der Waals surface area contributed by atoms with E-state index in [1.807, 2.05) is 6.92 Å². The molecule has 2 aromatic rings. The Labute approximate surface area is 106 Å². The molecule has 1 aromatic heterocycles. The largest absolute Gasteiger partial charge is 0.319 e. The van der Waals surface area contributed by atoms with Gasteiger partial charge >= 0.3 is 0 Å². The smallest absolute Gasteiger partial charge is 0.255 e. The van der Waals surface area contributed by atoms with E-state index in [2.05, 4.69) is 10.4 Å². The van der Waals surface area contributed by atoms with Crippen LogP contribution >= 0.6 is 0 Å².